The maximum absolute atomic E-state index is 10.6. The van der Waals surface area contributed by atoms with Gasteiger partial charge in [0.05, 0.1) is 11.3 Å². The van der Waals surface area contributed by atoms with Crippen molar-refractivity contribution in [1.82, 2.24) is 4.98 Å². The summed E-state index contributed by atoms with van der Waals surface area (Å²) in [6, 6.07) is 2.86. The normalized spacial score (nSPS) is 10.3. The summed E-state index contributed by atoms with van der Waals surface area (Å²) in [6.07, 6.45) is 5.72. The molecule has 1 aromatic heterocycles. The number of carboxylic acid groups (broad SMARTS) is 1. The molecule has 14 heavy (non-hydrogen) atoms. The Morgan fingerprint density at radius 3 is 3.00 bits per heavy atom. The molecule has 1 rings (SSSR count). The fourth-order valence-electron chi connectivity index (χ4n) is 0.917. The summed E-state index contributed by atoms with van der Waals surface area (Å²) in [6.45, 7) is 0. The van der Waals surface area contributed by atoms with E-state index < -0.39 is 5.97 Å². The topological polar surface area (TPSA) is 67.3 Å². The van der Waals surface area contributed by atoms with Crippen molar-refractivity contribution in [2.45, 2.75) is 6.42 Å². The van der Waals surface area contributed by atoms with E-state index in [1.807, 2.05) is 0 Å². The molecule has 1 heterocycles. The summed E-state index contributed by atoms with van der Waals surface area (Å²) in [5, 5.41) is 8.67. The molecule has 4 nitrogen and oxygen atoms in total. The Bertz CT molecular complexity index is 371. The summed E-state index contributed by atoms with van der Waals surface area (Å²) in [4.78, 5) is 24.5. The molecule has 0 aromatic carbocycles. The first kappa shape index (κ1) is 10.1. The van der Waals surface area contributed by atoms with Crippen LogP contribution in [0.4, 0.5) is 0 Å². The van der Waals surface area contributed by atoms with E-state index in [9.17, 15) is 9.59 Å². The van der Waals surface area contributed by atoms with Gasteiger partial charge in [0.2, 0.25) is 0 Å². The Labute approximate surface area is 80.9 Å². The largest absolute Gasteiger partial charge is 0.478 e. The molecule has 0 bridgehead atoms. The Kier molecular flexibility index (Phi) is 3.55. The molecule has 0 unspecified atom stereocenters. The van der Waals surface area contributed by atoms with Gasteiger partial charge >= 0.3 is 5.97 Å². The fraction of sp³-hybridized carbons (Fsp3) is 0.100. The van der Waals surface area contributed by atoms with Crippen molar-refractivity contribution in [2.75, 3.05) is 0 Å². The Balaban J connectivity index is 2.83. The molecular weight excluding hydrogens is 182 g/mol. The third-order valence-electron chi connectivity index (χ3n) is 1.55. The quantitative estimate of drug-likeness (QED) is 0.730. The molecule has 1 aromatic rings. The molecule has 0 spiro atoms. The van der Waals surface area contributed by atoms with Crippen molar-refractivity contribution in [1.29, 1.82) is 0 Å². The van der Waals surface area contributed by atoms with Gasteiger partial charge in [0.25, 0.3) is 0 Å². The van der Waals surface area contributed by atoms with Gasteiger partial charge in [-0.15, -0.1) is 0 Å². The van der Waals surface area contributed by atoms with Gasteiger partial charge in [-0.05, 0) is 18.2 Å². The Hall–Kier alpha value is -1.97. The van der Waals surface area contributed by atoms with Gasteiger partial charge in [-0.3, -0.25) is 4.98 Å². The van der Waals surface area contributed by atoms with Crippen LogP contribution in [0.1, 0.15) is 22.5 Å². The third-order valence-corrected chi connectivity index (χ3v) is 1.55. The number of rotatable bonds is 4. The van der Waals surface area contributed by atoms with Gasteiger partial charge in [-0.1, -0.05) is 6.08 Å². The molecule has 0 saturated carbocycles. The maximum Gasteiger partial charge on any atom is 0.335 e. The number of hydrogen-bond donors (Lipinski definition) is 1. The van der Waals surface area contributed by atoms with Crippen molar-refractivity contribution in [3.05, 3.63) is 35.7 Å². The van der Waals surface area contributed by atoms with Crippen LogP contribution in [0.25, 0.3) is 6.08 Å². The summed E-state index contributed by atoms with van der Waals surface area (Å²) in [5.74, 6) is -0.988. The number of carbonyl (C=O) groups excluding carboxylic acids is 1. The molecule has 4 heteroatoms. The van der Waals surface area contributed by atoms with Gasteiger partial charge in [-0.2, -0.15) is 0 Å². The summed E-state index contributed by atoms with van der Waals surface area (Å²) >= 11 is 0. The van der Waals surface area contributed by atoms with Crippen LogP contribution < -0.4 is 0 Å². The van der Waals surface area contributed by atoms with Gasteiger partial charge in [0.1, 0.15) is 6.29 Å². The van der Waals surface area contributed by atoms with Crippen LogP contribution in [0.2, 0.25) is 0 Å². The van der Waals surface area contributed by atoms with Crippen molar-refractivity contribution < 1.29 is 14.7 Å². The highest BCUT2D eigenvalue weighted by Gasteiger charge is 2.01. The first-order valence-corrected chi connectivity index (χ1v) is 4.03. The smallest absolute Gasteiger partial charge is 0.335 e. The number of carboxylic acids is 1. The molecule has 0 aliphatic carbocycles. The molecule has 0 amide bonds. The number of carbonyl (C=O) groups is 2. The van der Waals surface area contributed by atoms with Crippen LogP contribution in [-0.4, -0.2) is 22.3 Å². The number of pyridine rings is 1. The second-order valence-electron chi connectivity index (χ2n) is 2.58. The lowest BCUT2D eigenvalue weighted by Gasteiger charge is -1.95. The first-order valence-electron chi connectivity index (χ1n) is 4.03. The van der Waals surface area contributed by atoms with Crippen molar-refractivity contribution in [3.63, 3.8) is 0 Å². The van der Waals surface area contributed by atoms with Gasteiger partial charge in [0, 0.05) is 12.6 Å². The molecule has 0 aliphatic heterocycles. The van der Waals surface area contributed by atoms with Crippen LogP contribution in [-0.2, 0) is 4.79 Å². The predicted molar refractivity (Wildman–Crippen MR) is 50.9 cm³/mol. The SMILES string of the molecule is O=CCC=Cc1cc(C(=O)O)ccn1. The van der Waals surface area contributed by atoms with Gasteiger partial charge in [0.15, 0.2) is 0 Å². The zero-order chi connectivity index (χ0) is 10.4. The molecular formula is C10H9NO3. The van der Waals surface area contributed by atoms with Crippen molar-refractivity contribution in [2.24, 2.45) is 0 Å². The van der Waals surface area contributed by atoms with E-state index in [0.717, 1.165) is 6.29 Å². The number of hydrogen-bond acceptors (Lipinski definition) is 3. The van der Waals surface area contributed by atoms with Gasteiger partial charge < -0.3 is 9.90 Å². The van der Waals surface area contributed by atoms with Crippen LogP contribution in [0.3, 0.4) is 0 Å². The number of aromatic carboxylic acids is 1. The van der Waals surface area contributed by atoms with E-state index in [-0.39, 0.29) is 5.56 Å². The minimum absolute atomic E-state index is 0.186. The number of nitrogens with zero attached hydrogens (tertiary/aromatic N) is 1. The minimum atomic E-state index is -0.988. The molecule has 0 saturated heterocycles. The maximum atomic E-state index is 10.6. The Morgan fingerprint density at radius 2 is 2.36 bits per heavy atom. The third kappa shape index (κ3) is 2.82. The summed E-state index contributed by atoms with van der Waals surface area (Å²) in [5.41, 5.74) is 0.720. The van der Waals surface area contributed by atoms with Gasteiger partial charge in [-0.25, -0.2) is 4.79 Å². The predicted octanol–water partition coefficient (Wildman–Crippen LogP) is 1.38. The highest BCUT2D eigenvalue weighted by molar-refractivity contribution is 5.87. The van der Waals surface area contributed by atoms with E-state index in [2.05, 4.69) is 4.98 Å². The average molecular weight is 191 g/mol. The standard InChI is InChI=1S/C10H9NO3/c12-6-2-1-3-9-7-8(10(13)14)4-5-11-9/h1,3-7H,2H2,(H,13,14). The molecule has 0 atom stereocenters. The summed E-state index contributed by atoms with van der Waals surface area (Å²) < 4.78 is 0. The van der Waals surface area contributed by atoms with E-state index in [1.54, 1.807) is 12.2 Å². The zero-order valence-electron chi connectivity index (χ0n) is 7.38. The lowest BCUT2D eigenvalue weighted by atomic mass is 10.2. The van der Waals surface area contributed by atoms with E-state index >= 15 is 0 Å². The molecule has 0 aliphatic rings. The average Bonchev–Trinajstić information content (AvgIpc) is 2.19. The van der Waals surface area contributed by atoms with Crippen LogP contribution in [0.5, 0.6) is 0 Å². The lowest BCUT2D eigenvalue weighted by Crippen LogP contribution is -1.96. The van der Waals surface area contributed by atoms with E-state index in [1.165, 1.54) is 18.3 Å². The number of aldehydes is 1. The molecule has 0 fully saturated rings. The zero-order valence-corrected chi connectivity index (χ0v) is 7.38. The van der Waals surface area contributed by atoms with Crippen LogP contribution in [0.15, 0.2) is 24.4 Å². The highest BCUT2D eigenvalue weighted by atomic mass is 16.4. The molecule has 0 radical (unpaired) electrons. The minimum Gasteiger partial charge on any atom is -0.478 e. The lowest BCUT2D eigenvalue weighted by molar-refractivity contribution is -0.107. The van der Waals surface area contributed by atoms with E-state index in [4.69, 9.17) is 5.11 Å². The second-order valence-corrected chi connectivity index (χ2v) is 2.58. The van der Waals surface area contributed by atoms with Crippen molar-refractivity contribution >= 4 is 18.3 Å². The van der Waals surface area contributed by atoms with E-state index in [0.29, 0.717) is 12.1 Å². The van der Waals surface area contributed by atoms with Crippen LogP contribution >= 0.6 is 0 Å². The van der Waals surface area contributed by atoms with Crippen molar-refractivity contribution in [3.8, 4) is 0 Å². The number of aromatic nitrogens is 1. The second kappa shape index (κ2) is 4.91. The highest BCUT2D eigenvalue weighted by Crippen LogP contribution is 2.03. The summed E-state index contributed by atoms with van der Waals surface area (Å²) in [7, 11) is 0. The molecule has 72 valence electrons. The fourth-order valence-corrected chi connectivity index (χ4v) is 0.917. The molecule has 1 N–H and O–H groups in total. The Morgan fingerprint density at radius 1 is 1.57 bits per heavy atom. The monoisotopic (exact) mass is 191 g/mol. The first-order chi connectivity index (χ1) is 6.74. The number of allylic oxidation sites excluding steroid dienone is 1. The van der Waals surface area contributed by atoms with Crippen LogP contribution in [0, 0.1) is 0 Å².